The molecule has 0 radical (unpaired) electrons. The van der Waals surface area contributed by atoms with Crippen LogP contribution in [0.3, 0.4) is 0 Å². The molecule has 0 bridgehead atoms. The Morgan fingerprint density at radius 2 is 1.83 bits per heavy atom. The fourth-order valence-electron chi connectivity index (χ4n) is 1.82. The highest BCUT2D eigenvalue weighted by Gasteiger charge is 2.08. The molecule has 0 amide bonds. The van der Waals surface area contributed by atoms with E-state index in [0.29, 0.717) is 30.7 Å². The van der Waals surface area contributed by atoms with Gasteiger partial charge in [-0.1, -0.05) is 18.3 Å². The van der Waals surface area contributed by atoms with Crippen LogP contribution in [0.25, 0.3) is 0 Å². The summed E-state index contributed by atoms with van der Waals surface area (Å²) in [5.41, 5.74) is 1.10. The minimum absolute atomic E-state index is 0.348. The number of ether oxygens (including phenoxy) is 3. The molecule has 0 spiro atoms. The summed E-state index contributed by atoms with van der Waals surface area (Å²) in [5.74, 6) is 1.50. The fourth-order valence-corrected chi connectivity index (χ4v) is 2.63. The van der Waals surface area contributed by atoms with Crippen LogP contribution < -0.4 is 14.8 Å². The van der Waals surface area contributed by atoms with Crippen molar-refractivity contribution in [1.29, 1.82) is 0 Å². The number of hydrogen-bond donors (Lipinski definition) is 1. The van der Waals surface area contributed by atoms with Crippen molar-refractivity contribution in [2.75, 3.05) is 26.4 Å². The summed E-state index contributed by atoms with van der Waals surface area (Å²) >= 11 is 5.98. The largest absolute Gasteiger partial charge is 0.490 e. The number of benzene rings is 1. The number of carbonyl (C=O) groups is 1. The third-order valence-corrected chi connectivity index (χ3v) is 3.74. The van der Waals surface area contributed by atoms with E-state index in [2.05, 4.69) is 5.32 Å². The molecule has 0 heterocycles. The Bertz CT molecular complexity index is 523. The van der Waals surface area contributed by atoms with Crippen LogP contribution in [0.4, 0.5) is 4.79 Å². The SMILES string of the molecule is CCOC(=O)SC(=S)NCCc1ccc(OCC)c(OCC)c1. The molecule has 0 aliphatic carbocycles. The van der Waals surface area contributed by atoms with E-state index in [9.17, 15) is 4.79 Å². The Kier molecular flexibility index (Phi) is 9.47. The van der Waals surface area contributed by atoms with E-state index in [1.807, 2.05) is 32.0 Å². The average Bonchev–Trinajstić information content (AvgIpc) is 2.50. The molecule has 0 atom stereocenters. The molecular formula is C16H23NO4S2. The molecule has 5 nitrogen and oxygen atoms in total. The van der Waals surface area contributed by atoms with Gasteiger partial charge < -0.3 is 19.5 Å². The summed E-state index contributed by atoms with van der Waals surface area (Å²) < 4.78 is 16.4. The minimum atomic E-state index is -0.385. The Morgan fingerprint density at radius 3 is 2.48 bits per heavy atom. The van der Waals surface area contributed by atoms with Crippen LogP contribution in [0.5, 0.6) is 11.5 Å². The molecule has 1 aromatic carbocycles. The van der Waals surface area contributed by atoms with Gasteiger partial charge in [-0.3, -0.25) is 0 Å². The highest BCUT2D eigenvalue weighted by Crippen LogP contribution is 2.28. The van der Waals surface area contributed by atoms with E-state index in [1.54, 1.807) is 6.92 Å². The van der Waals surface area contributed by atoms with Crippen molar-refractivity contribution in [2.45, 2.75) is 27.2 Å². The number of thiocarbonyl (C=S) groups is 1. The van der Waals surface area contributed by atoms with Gasteiger partial charge in [-0.2, -0.15) is 0 Å². The quantitative estimate of drug-likeness (QED) is 0.561. The smallest absolute Gasteiger partial charge is 0.374 e. The van der Waals surface area contributed by atoms with Gasteiger partial charge in [0.1, 0.15) is 4.32 Å². The van der Waals surface area contributed by atoms with Gasteiger partial charge in [-0.15, -0.1) is 0 Å². The second kappa shape index (κ2) is 11.1. The molecular weight excluding hydrogens is 334 g/mol. The number of nitrogens with one attached hydrogen (secondary N) is 1. The van der Waals surface area contributed by atoms with Gasteiger partial charge in [0.2, 0.25) is 0 Å². The number of hydrogen-bond acceptors (Lipinski definition) is 6. The maximum absolute atomic E-state index is 11.3. The van der Waals surface area contributed by atoms with Gasteiger partial charge in [0.25, 0.3) is 0 Å². The van der Waals surface area contributed by atoms with Crippen LogP contribution in [0.2, 0.25) is 0 Å². The van der Waals surface area contributed by atoms with Crippen molar-refractivity contribution >= 4 is 33.6 Å². The Labute approximate surface area is 147 Å². The Balaban J connectivity index is 2.49. The zero-order valence-electron chi connectivity index (χ0n) is 13.7. The summed E-state index contributed by atoms with van der Waals surface area (Å²) in [6.45, 7) is 7.80. The molecule has 0 aliphatic rings. The highest BCUT2D eigenvalue weighted by molar-refractivity contribution is 8.32. The second-order valence-corrected chi connectivity index (χ2v) is 6.01. The van der Waals surface area contributed by atoms with Crippen LogP contribution in [-0.2, 0) is 11.2 Å². The van der Waals surface area contributed by atoms with Crippen molar-refractivity contribution in [3.05, 3.63) is 23.8 Å². The van der Waals surface area contributed by atoms with Gasteiger partial charge >= 0.3 is 5.30 Å². The molecule has 0 unspecified atom stereocenters. The third kappa shape index (κ3) is 7.56. The maximum atomic E-state index is 11.3. The summed E-state index contributed by atoms with van der Waals surface area (Å²) in [4.78, 5) is 11.3. The lowest BCUT2D eigenvalue weighted by atomic mass is 10.1. The first-order valence-electron chi connectivity index (χ1n) is 7.61. The van der Waals surface area contributed by atoms with Gasteiger partial charge in [-0.25, -0.2) is 4.79 Å². The zero-order valence-corrected chi connectivity index (χ0v) is 15.4. The average molecular weight is 357 g/mol. The molecule has 128 valence electrons. The predicted octanol–water partition coefficient (Wildman–Crippen LogP) is 3.79. The summed E-state index contributed by atoms with van der Waals surface area (Å²) in [6, 6.07) is 5.88. The first kappa shape index (κ1) is 19.6. The van der Waals surface area contributed by atoms with Crippen LogP contribution in [0.1, 0.15) is 26.3 Å². The van der Waals surface area contributed by atoms with Crippen LogP contribution >= 0.6 is 24.0 Å². The summed E-state index contributed by atoms with van der Waals surface area (Å²) in [6.07, 6.45) is 0.760. The lowest BCUT2D eigenvalue weighted by Gasteiger charge is -2.13. The van der Waals surface area contributed by atoms with Crippen molar-refractivity contribution < 1.29 is 19.0 Å². The van der Waals surface area contributed by atoms with E-state index in [0.717, 1.165) is 35.2 Å². The molecule has 7 heteroatoms. The lowest BCUT2D eigenvalue weighted by Crippen LogP contribution is -2.22. The molecule has 0 aromatic heterocycles. The number of carbonyl (C=O) groups excluding carboxylic acids is 1. The lowest BCUT2D eigenvalue weighted by molar-refractivity contribution is 0.182. The van der Waals surface area contributed by atoms with Gasteiger partial charge in [0.15, 0.2) is 11.5 Å². The minimum Gasteiger partial charge on any atom is -0.490 e. The zero-order chi connectivity index (χ0) is 17.1. The summed E-state index contributed by atoms with van der Waals surface area (Å²) in [7, 11) is 0. The monoisotopic (exact) mass is 357 g/mol. The van der Waals surface area contributed by atoms with E-state index < -0.39 is 0 Å². The first-order valence-corrected chi connectivity index (χ1v) is 8.84. The van der Waals surface area contributed by atoms with Gasteiger partial charge in [0.05, 0.1) is 19.8 Å². The highest BCUT2D eigenvalue weighted by atomic mass is 32.2. The molecule has 0 saturated heterocycles. The molecule has 23 heavy (non-hydrogen) atoms. The van der Waals surface area contributed by atoms with Crippen LogP contribution in [0.15, 0.2) is 18.2 Å². The third-order valence-electron chi connectivity index (χ3n) is 2.73. The van der Waals surface area contributed by atoms with E-state index in [4.69, 9.17) is 26.4 Å². The number of rotatable bonds is 8. The van der Waals surface area contributed by atoms with Crippen molar-refractivity contribution in [3.63, 3.8) is 0 Å². The maximum Gasteiger partial charge on any atom is 0.374 e. The molecule has 0 saturated carbocycles. The molecule has 1 aromatic rings. The normalized spacial score (nSPS) is 10.0. The Morgan fingerprint density at radius 1 is 1.13 bits per heavy atom. The van der Waals surface area contributed by atoms with Gasteiger partial charge in [-0.05, 0) is 44.9 Å². The van der Waals surface area contributed by atoms with E-state index >= 15 is 0 Å². The van der Waals surface area contributed by atoms with Crippen LogP contribution in [0, 0.1) is 0 Å². The predicted molar refractivity (Wildman–Crippen MR) is 97.7 cm³/mol. The van der Waals surface area contributed by atoms with Gasteiger partial charge in [0, 0.05) is 18.3 Å². The standard InChI is InChI=1S/C16H23NO4S2/c1-4-19-13-8-7-12(11-14(13)20-5-2)9-10-17-15(22)23-16(18)21-6-3/h7-8,11H,4-6,9-10H2,1-3H3,(H,17,22). The molecule has 0 aliphatic heterocycles. The van der Waals surface area contributed by atoms with Crippen molar-refractivity contribution in [1.82, 2.24) is 5.32 Å². The molecule has 0 fully saturated rings. The Hall–Kier alpha value is -1.47. The van der Waals surface area contributed by atoms with Crippen LogP contribution in [-0.4, -0.2) is 36.0 Å². The van der Waals surface area contributed by atoms with E-state index in [1.165, 1.54) is 0 Å². The first-order chi connectivity index (χ1) is 11.1. The fraction of sp³-hybridized carbons (Fsp3) is 0.500. The second-order valence-electron chi connectivity index (χ2n) is 4.40. The topological polar surface area (TPSA) is 56.8 Å². The van der Waals surface area contributed by atoms with E-state index in [-0.39, 0.29) is 5.30 Å². The molecule has 1 rings (SSSR count). The molecule has 1 N–H and O–H groups in total. The summed E-state index contributed by atoms with van der Waals surface area (Å²) in [5, 5.41) is 2.65. The van der Waals surface area contributed by atoms with Crippen molar-refractivity contribution in [3.8, 4) is 11.5 Å². The number of thioether (sulfide) groups is 1. The van der Waals surface area contributed by atoms with Crippen molar-refractivity contribution in [2.24, 2.45) is 0 Å².